The van der Waals surface area contributed by atoms with Gasteiger partial charge in [0.25, 0.3) is 0 Å². The number of hydrogen-bond acceptors (Lipinski definition) is 0. The van der Waals surface area contributed by atoms with Gasteiger partial charge in [0.15, 0.2) is 0 Å². The van der Waals surface area contributed by atoms with E-state index < -0.39 is 0 Å². The van der Waals surface area contributed by atoms with E-state index in [1.807, 2.05) is 0 Å². The highest BCUT2D eigenvalue weighted by molar-refractivity contribution is 7.16. The first-order valence-corrected chi connectivity index (χ1v) is 5.34. The van der Waals surface area contributed by atoms with Crippen LogP contribution in [0.25, 0.3) is 0 Å². The number of hydrogen-bond donors (Lipinski definition) is 0. The molecular weight excluding hydrogens is 151 g/mol. The maximum absolute atomic E-state index is 2.89. The highest BCUT2D eigenvalue weighted by atomic mass is 31.0. The van der Waals surface area contributed by atoms with Crippen LogP contribution in [0.3, 0.4) is 0 Å². The van der Waals surface area contributed by atoms with Crippen LogP contribution in [0.1, 0.15) is 12.8 Å². The fraction of sp³-hybridized carbons (Fsp3) is 0.600. The molecule has 3 aliphatic rings. The lowest BCUT2D eigenvalue weighted by molar-refractivity contribution is 0.388. The molecule has 1 saturated carbocycles. The molecule has 0 bridgehead atoms. The van der Waals surface area contributed by atoms with Crippen molar-refractivity contribution < 1.29 is 0 Å². The van der Waals surface area contributed by atoms with Crippen molar-refractivity contribution in [2.75, 3.05) is 6.16 Å². The average molecular weight is 164 g/mol. The molecule has 4 atom stereocenters. The SMILES string of the molecule is PCC1CC2C=CC3=C2C3C1. The van der Waals surface area contributed by atoms with Crippen LogP contribution in [0.2, 0.25) is 0 Å². The van der Waals surface area contributed by atoms with Gasteiger partial charge in [-0.1, -0.05) is 17.7 Å². The van der Waals surface area contributed by atoms with Crippen LogP contribution in [-0.2, 0) is 0 Å². The minimum absolute atomic E-state index is 0.870. The zero-order valence-electron chi connectivity index (χ0n) is 6.59. The zero-order chi connectivity index (χ0) is 7.42. The van der Waals surface area contributed by atoms with Crippen molar-refractivity contribution in [3.8, 4) is 0 Å². The van der Waals surface area contributed by atoms with E-state index in [1.165, 1.54) is 19.0 Å². The van der Waals surface area contributed by atoms with Gasteiger partial charge in [-0.05, 0) is 36.4 Å². The van der Waals surface area contributed by atoms with Crippen LogP contribution in [0.5, 0.6) is 0 Å². The van der Waals surface area contributed by atoms with E-state index in [9.17, 15) is 0 Å². The molecule has 0 heterocycles. The number of fused-ring (bicyclic) bond motifs is 1. The van der Waals surface area contributed by atoms with Gasteiger partial charge in [-0.25, -0.2) is 0 Å². The summed E-state index contributed by atoms with van der Waals surface area (Å²) in [6.45, 7) is 0. The molecule has 0 saturated heterocycles. The van der Waals surface area contributed by atoms with Crippen molar-refractivity contribution in [1.82, 2.24) is 0 Å². The second-order valence-electron chi connectivity index (χ2n) is 4.00. The van der Waals surface area contributed by atoms with Crippen molar-refractivity contribution in [3.05, 3.63) is 23.3 Å². The summed E-state index contributed by atoms with van der Waals surface area (Å²) in [5.41, 5.74) is 3.51. The third-order valence-electron chi connectivity index (χ3n) is 3.40. The molecule has 11 heavy (non-hydrogen) atoms. The molecule has 1 heteroatoms. The first-order chi connectivity index (χ1) is 5.40. The van der Waals surface area contributed by atoms with Crippen LogP contribution in [0.4, 0.5) is 0 Å². The Kier molecular flexibility index (Phi) is 1.16. The van der Waals surface area contributed by atoms with Crippen molar-refractivity contribution in [2.24, 2.45) is 17.8 Å². The molecule has 4 unspecified atom stereocenters. The molecule has 0 radical (unpaired) electrons. The Morgan fingerprint density at radius 2 is 2.36 bits per heavy atom. The number of allylic oxidation sites excluding steroid dienone is 4. The van der Waals surface area contributed by atoms with Gasteiger partial charge in [-0.2, -0.15) is 0 Å². The number of rotatable bonds is 1. The van der Waals surface area contributed by atoms with E-state index in [0.29, 0.717) is 0 Å². The summed E-state index contributed by atoms with van der Waals surface area (Å²) in [7, 11) is 2.89. The van der Waals surface area contributed by atoms with E-state index in [0.717, 1.165) is 17.8 Å². The second kappa shape index (κ2) is 1.98. The minimum Gasteiger partial charge on any atom is -0.137 e. The highest BCUT2D eigenvalue weighted by Gasteiger charge is 2.46. The molecule has 0 aromatic rings. The summed E-state index contributed by atoms with van der Waals surface area (Å²) in [6, 6.07) is 0. The van der Waals surface area contributed by atoms with E-state index in [1.54, 1.807) is 11.1 Å². The average Bonchev–Trinajstić information content (AvgIpc) is 2.53. The van der Waals surface area contributed by atoms with E-state index >= 15 is 0 Å². The molecule has 1 fully saturated rings. The Balaban J connectivity index is 1.85. The van der Waals surface area contributed by atoms with Gasteiger partial charge in [0.2, 0.25) is 0 Å². The first-order valence-electron chi connectivity index (χ1n) is 4.52. The molecule has 3 rings (SSSR count). The standard InChI is InChI=1S/C10H13P/c11-5-6-3-7-1-2-8-9(4-6)10(7)8/h1-2,6-7,9H,3-5,11H2. The van der Waals surface area contributed by atoms with Crippen molar-refractivity contribution in [3.63, 3.8) is 0 Å². The lowest BCUT2D eigenvalue weighted by Crippen LogP contribution is -2.17. The summed E-state index contributed by atoms with van der Waals surface area (Å²) in [4.78, 5) is 0. The van der Waals surface area contributed by atoms with Gasteiger partial charge in [-0.15, -0.1) is 9.24 Å². The Labute approximate surface area is 70.0 Å². The predicted molar refractivity (Wildman–Crippen MR) is 50.4 cm³/mol. The monoisotopic (exact) mass is 164 g/mol. The zero-order valence-corrected chi connectivity index (χ0v) is 7.74. The third-order valence-corrected chi connectivity index (χ3v) is 4.06. The largest absolute Gasteiger partial charge is 0.137 e. The Morgan fingerprint density at radius 3 is 3.09 bits per heavy atom. The van der Waals surface area contributed by atoms with E-state index in [-0.39, 0.29) is 0 Å². The van der Waals surface area contributed by atoms with Crippen molar-refractivity contribution in [2.45, 2.75) is 12.8 Å². The lowest BCUT2D eigenvalue weighted by Gasteiger charge is -2.26. The van der Waals surface area contributed by atoms with Crippen LogP contribution in [-0.4, -0.2) is 6.16 Å². The summed E-state index contributed by atoms with van der Waals surface area (Å²) in [5, 5.41) is 0. The molecule has 58 valence electrons. The molecule has 0 aliphatic heterocycles. The quantitative estimate of drug-likeness (QED) is 0.522. The molecule has 0 aromatic heterocycles. The Morgan fingerprint density at radius 1 is 1.45 bits per heavy atom. The predicted octanol–water partition coefficient (Wildman–Crippen LogP) is 2.38. The van der Waals surface area contributed by atoms with Crippen molar-refractivity contribution in [1.29, 1.82) is 0 Å². The Hall–Kier alpha value is -0.0900. The van der Waals surface area contributed by atoms with E-state index in [4.69, 9.17) is 0 Å². The second-order valence-corrected chi connectivity index (χ2v) is 4.47. The molecular formula is C10H13P. The van der Waals surface area contributed by atoms with Gasteiger partial charge >= 0.3 is 0 Å². The molecule has 0 N–H and O–H groups in total. The van der Waals surface area contributed by atoms with Gasteiger partial charge in [-0.3, -0.25) is 0 Å². The summed E-state index contributed by atoms with van der Waals surface area (Å²) in [6.07, 6.45) is 8.96. The van der Waals surface area contributed by atoms with Crippen LogP contribution >= 0.6 is 9.24 Å². The third kappa shape index (κ3) is 0.742. The molecule has 0 nitrogen and oxygen atoms in total. The minimum atomic E-state index is 0.870. The fourth-order valence-electron chi connectivity index (χ4n) is 2.76. The van der Waals surface area contributed by atoms with Gasteiger partial charge < -0.3 is 0 Å². The first kappa shape index (κ1) is 6.43. The van der Waals surface area contributed by atoms with Crippen molar-refractivity contribution >= 4 is 9.24 Å². The van der Waals surface area contributed by atoms with E-state index in [2.05, 4.69) is 21.4 Å². The van der Waals surface area contributed by atoms with Crippen LogP contribution < -0.4 is 0 Å². The molecule has 0 spiro atoms. The topological polar surface area (TPSA) is 0 Å². The maximum Gasteiger partial charge on any atom is 0.00627 e. The maximum atomic E-state index is 2.89. The highest BCUT2D eigenvalue weighted by Crippen LogP contribution is 2.58. The summed E-state index contributed by atoms with van der Waals surface area (Å²) < 4.78 is 0. The molecule has 0 aromatic carbocycles. The normalized spacial score (nSPS) is 44.6. The van der Waals surface area contributed by atoms with Gasteiger partial charge in [0, 0.05) is 5.92 Å². The smallest absolute Gasteiger partial charge is 0.00627 e. The Bertz CT molecular complexity index is 262. The fourth-order valence-corrected chi connectivity index (χ4v) is 3.14. The van der Waals surface area contributed by atoms with Crippen LogP contribution in [0.15, 0.2) is 23.3 Å². The van der Waals surface area contributed by atoms with Gasteiger partial charge in [0.05, 0.1) is 0 Å². The molecule has 0 amide bonds. The molecule has 3 aliphatic carbocycles. The summed E-state index contributed by atoms with van der Waals surface area (Å²) in [5.74, 6) is 2.81. The lowest BCUT2D eigenvalue weighted by atomic mass is 9.81. The van der Waals surface area contributed by atoms with Gasteiger partial charge in [0.1, 0.15) is 0 Å². The summed E-state index contributed by atoms with van der Waals surface area (Å²) >= 11 is 0. The van der Waals surface area contributed by atoms with Crippen LogP contribution in [0, 0.1) is 17.8 Å².